The van der Waals surface area contributed by atoms with Crippen LogP contribution in [-0.4, -0.2) is 17.8 Å². The van der Waals surface area contributed by atoms with Crippen LogP contribution in [0.2, 0.25) is 0 Å². The first-order valence-electron chi connectivity index (χ1n) is 6.60. The first kappa shape index (κ1) is 13.1. The summed E-state index contributed by atoms with van der Waals surface area (Å²) in [7, 11) is 0. The molecule has 1 aliphatic rings. The average Bonchev–Trinajstić information content (AvgIpc) is 2.96. The molecule has 1 aromatic rings. The predicted octanol–water partition coefficient (Wildman–Crippen LogP) is 3.34. The smallest absolute Gasteiger partial charge is 0.0499 e. The topological polar surface area (TPSA) is 32.3 Å². The highest BCUT2D eigenvalue weighted by atomic mass is 32.1. The molecule has 0 saturated heterocycles. The molecule has 0 aliphatic heterocycles. The van der Waals surface area contributed by atoms with Crippen LogP contribution < -0.4 is 5.32 Å². The lowest BCUT2D eigenvalue weighted by Crippen LogP contribution is -2.43. The summed E-state index contributed by atoms with van der Waals surface area (Å²) in [5.74, 6) is 0. The van der Waals surface area contributed by atoms with Crippen molar-refractivity contribution in [3.63, 3.8) is 0 Å². The second kappa shape index (κ2) is 5.51. The minimum atomic E-state index is 0.0741. The Morgan fingerprint density at radius 1 is 1.65 bits per heavy atom. The maximum atomic E-state index is 9.57. The summed E-state index contributed by atoms with van der Waals surface area (Å²) in [4.78, 5) is 1.42. The highest BCUT2D eigenvalue weighted by molar-refractivity contribution is 7.10. The quantitative estimate of drug-likeness (QED) is 0.843. The van der Waals surface area contributed by atoms with Crippen LogP contribution in [0.3, 0.4) is 0 Å². The molecule has 0 radical (unpaired) electrons. The molecule has 0 bridgehead atoms. The van der Waals surface area contributed by atoms with E-state index in [4.69, 9.17) is 0 Å². The van der Waals surface area contributed by atoms with Crippen molar-refractivity contribution in [3.8, 4) is 0 Å². The molecular formula is C14H23NOS. The Labute approximate surface area is 108 Å². The van der Waals surface area contributed by atoms with E-state index in [1.54, 1.807) is 0 Å². The summed E-state index contributed by atoms with van der Waals surface area (Å²) in [6.07, 6.45) is 4.68. The van der Waals surface area contributed by atoms with Gasteiger partial charge in [0.05, 0.1) is 0 Å². The molecule has 1 heterocycles. The van der Waals surface area contributed by atoms with E-state index in [-0.39, 0.29) is 5.41 Å². The van der Waals surface area contributed by atoms with E-state index in [0.29, 0.717) is 18.7 Å². The van der Waals surface area contributed by atoms with Gasteiger partial charge in [0.15, 0.2) is 0 Å². The Morgan fingerprint density at radius 2 is 2.47 bits per heavy atom. The summed E-state index contributed by atoms with van der Waals surface area (Å²) in [5.41, 5.74) is 0.0741. The van der Waals surface area contributed by atoms with Crippen LogP contribution in [0.15, 0.2) is 17.5 Å². The second-order valence-electron chi connectivity index (χ2n) is 5.40. The van der Waals surface area contributed by atoms with E-state index in [0.717, 1.165) is 12.8 Å². The van der Waals surface area contributed by atoms with Gasteiger partial charge in [-0.3, -0.25) is 0 Å². The van der Waals surface area contributed by atoms with Gasteiger partial charge >= 0.3 is 0 Å². The standard InChI is InChI=1S/C14H23NOS/c1-3-11(12-6-5-9-17-12)15-13-7-4-8-14(13,2)10-16/h5-6,9,11,13,15-16H,3-4,7-8,10H2,1-2H3. The van der Waals surface area contributed by atoms with Gasteiger partial charge in [0.1, 0.15) is 0 Å². The van der Waals surface area contributed by atoms with Crippen molar-refractivity contribution >= 4 is 11.3 Å². The fourth-order valence-corrected chi connectivity index (χ4v) is 3.71. The first-order valence-corrected chi connectivity index (χ1v) is 7.48. The number of aliphatic hydroxyl groups is 1. The molecular weight excluding hydrogens is 230 g/mol. The van der Waals surface area contributed by atoms with Gasteiger partial charge in [-0.2, -0.15) is 0 Å². The van der Waals surface area contributed by atoms with Gasteiger partial charge in [-0.05, 0) is 30.7 Å². The number of hydrogen-bond donors (Lipinski definition) is 2. The largest absolute Gasteiger partial charge is 0.396 e. The third kappa shape index (κ3) is 2.72. The maximum Gasteiger partial charge on any atom is 0.0499 e. The Balaban J connectivity index is 2.04. The predicted molar refractivity (Wildman–Crippen MR) is 73.3 cm³/mol. The summed E-state index contributed by atoms with van der Waals surface area (Å²) in [6, 6.07) is 5.23. The SMILES string of the molecule is CCC(NC1CCCC1(C)CO)c1cccs1. The van der Waals surface area contributed by atoms with Gasteiger partial charge in [-0.25, -0.2) is 0 Å². The van der Waals surface area contributed by atoms with Crippen LogP contribution in [0.25, 0.3) is 0 Å². The maximum absolute atomic E-state index is 9.57. The summed E-state index contributed by atoms with van der Waals surface area (Å²) >= 11 is 1.82. The monoisotopic (exact) mass is 253 g/mol. The number of aliphatic hydroxyl groups excluding tert-OH is 1. The van der Waals surface area contributed by atoms with Crippen LogP contribution in [0, 0.1) is 5.41 Å². The molecule has 2 N–H and O–H groups in total. The highest BCUT2D eigenvalue weighted by Crippen LogP contribution is 2.39. The van der Waals surface area contributed by atoms with Crippen molar-refractivity contribution in [1.82, 2.24) is 5.32 Å². The molecule has 3 atom stereocenters. The molecule has 17 heavy (non-hydrogen) atoms. The van der Waals surface area contributed by atoms with E-state index in [2.05, 4.69) is 36.7 Å². The molecule has 1 aromatic heterocycles. The van der Waals surface area contributed by atoms with Crippen molar-refractivity contribution in [1.29, 1.82) is 0 Å². The van der Waals surface area contributed by atoms with E-state index >= 15 is 0 Å². The van der Waals surface area contributed by atoms with E-state index in [1.165, 1.54) is 17.7 Å². The third-order valence-electron chi connectivity index (χ3n) is 4.14. The van der Waals surface area contributed by atoms with Crippen LogP contribution in [-0.2, 0) is 0 Å². The van der Waals surface area contributed by atoms with Crippen molar-refractivity contribution in [2.24, 2.45) is 5.41 Å². The zero-order chi connectivity index (χ0) is 12.3. The molecule has 2 nitrogen and oxygen atoms in total. The Hall–Kier alpha value is -0.380. The summed E-state index contributed by atoms with van der Waals surface area (Å²) in [5, 5.41) is 15.5. The van der Waals surface area contributed by atoms with Crippen molar-refractivity contribution in [3.05, 3.63) is 22.4 Å². The van der Waals surface area contributed by atoms with Crippen LogP contribution in [0.4, 0.5) is 0 Å². The van der Waals surface area contributed by atoms with Crippen molar-refractivity contribution < 1.29 is 5.11 Å². The number of thiophene rings is 1. The Kier molecular flexibility index (Phi) is 4.23. The van der Waals surface area contributed by atoms with Gasteiger partial charge in [0, 0.05) is 29.0 Å². The zero-order valence-electron chi connectivity index (χ0n) is 10.8. The lowest BCUT2D eigenvalue weighted by Gasteiger charge is -2.33. The minimum Gasteiger partial charge on any atom is -0.396 e. The van der Waals surface area contributed by atoms with Gasteiger partial charge in [0.2, 0.25) is 0 Å². The van der Waals surface area contributed by atoms with Crippen LogP contribution in [0.5, 0.6) is 0 Å². The average molecular weight is 253 g/mol. The molecule has 0 spiro atoms. The first-order chi connectivity index (χ1) is 8.19. The van der Waals surface area contributed by atoms with Crippen molar-refractivity contribution in [2.75, 3.05) is 6.61 Å². The fourth-order valence-electron chi connectivity index (χ4n) is 2.84. The molecule has 0 aromatic carbocycles. The lowest BCUT2D eigenvalue weighted by atomic mass is 9.85. The summed E-state index contributed by atoms with van der Waals surface area (Å²) in [6.45, 7) is 4.73. The van der Waals surface area contributed by atoms with Gasteiger partial charge < -0.3 is 10.4 Å². The van der Waals surface area contributed by atoms with E-state index in [1.807, 2.05) is 11.3 Å². The molecule has 2 rings (SSSR count). The van der Waals surface area contributed by atoms with Crippen LogP contribution >= 0.6 is 11.3 Å². The molecule has 1 fully saturated rings. The van der Waals surface area contributed by atoms with Crippen LogP contribution in [0.1, 0.15) is 50.4 Å². The van der Waals surface area contributed by atoms with E-state index < -0.39 is 0 Å². The normalized spacial score (nSPS) is 30.6. The fraction of sp³-hybridized carbons (Fsp3) is 0.714. The number of nitrogens with one attached hydrogen (secondary N) is 1. The zero-order valence-corrected chi connectivity index (χ0v) is 11.6. The second-order valence-corrected chi connectivity index (χ2v) is 6.38. The molecule has 0 amide bonds. The lowest BCUT2D eigenvalue weighted by molar-refractivity contribution is 0.113. The van der Waals surface area contributed by atoms with E-state index in [9.17, 15) is 5.11 Å². The third-order valence-corrected chi connectivity index (χ3v) is 5.13. The summed E-state index contributed by atoms with van der Waals surface area (Å²) < 4.78 is 0. The molecule has 1 saturated carbocycles. The molecule has 3 unspecified atom stereocenters. The Morgan fingerprint density at radius 3 is 3.06 bits per heavy atom. The van der Waals surface area contributed by atoms with Gasteiger partial charge in [0.25, 0.3) is 0 Å². The number of hydrogen-bond acceptors (Lipinski definition) is 3. The molecule has 96 valence electrons. The number of rotatable bonds is 5. The molecule has 3 heteroatoms. The van der Waals surface area contributed by atoms with Gasteiger partial charge in [-0.1, -0.05) is 26.3 Å². The Bertz CT molecular complexity index is 338. The van der Waals surface area contributed by atoms with Gasteiger partial charge in [-0.15, -0.1) is 11.3 Å². The van der Waals surface area contributed by atoms with Crippen molar-refractivity contribution in [2.45, 2.75) is 51.6 Å². The minimum absolute atomic E-state index is 0.0741. The molecule has 1 aliphatic carbocycles. The highest BCUT2D eigenvalue weighted by Gasteiger charge is 2.39.